The van der Waals surface area contributed by atoms with Crippen molar-refractivity contribution in [3.05, 3.63) is 53.7 Å². The van der Waals surface area contributed by atoms with Gasteiger partial charge in [-0.3, -0.25) is 10.0 Å². The molecule has 0 atom stereocenters. The smallest absolute Gasteiger partial charge is 0.276 e. The Labute approximate surface area is 136 Å². The molecule has 0 bridgehead atoms. The van der Waals surface area contributed by atoms with E-state index in [0.29, 0.717) is 11.6 Å². The van der Waals surface area contributed by atoms with E-state index < -0.39 is 5.91 Å². The summed E-state index contributed by atoms with van der Waals surface area (Å²) in [7, 11) is 0. The highest BCUT2D eigenvalue weighted by atomic mass is 16.5. The number of hydrogen-bond acceptors (Lipinski definition) is 4. The molecule has 0 spiro atoms. The number of pyridine rings is 1. The summed E-state index contributed by atoms with van der Waals surface area (Å²) in [5, 5.41) is 8.55. The number of carbonyl (C=O) groups is 1. The maximum atomic E-state index is 11.2. The van der Waals surface area contributed by atoms with E-state index in [1.165, 1.54) is 43.5 Å². The fourth-order valence-electron chi connectivity index (χ4n) is 2.24. The maximum absolute atomic E-state index is 11.2. The molecule has 0 fully saturated rings. The van der Waals surface area contributed by atoms with Crippen LogP contribution in [0.15, 0.2) is 42.6 Å². The summed E-state index contributed by atoms with van der Waals surface area (Å²) >= 11 is 0. The van der Waals surface area contributed by atoms with Gasteiger partial charge in [0, 0.05) is 12.3 Å². The first kappa shape index (κ1) is 17.0. The molecule has 0 aliphatic rings. The number of aryl methyl sites for hydroxylation is 1. The molecular weight excluding hydrogens is 292 g/mol. The predicted molar refractivity (Wildman–Crippen MR) is 87.9 cm³/mol. The van der Waals surface area contributed by atoms with Crippen LogP contribution in [0.25, 0.3) is 0 Å². The first-order chi connectivity index (χ1) is 11.2. The summed E-state index contributed by atoms with van der Waals surface area (Å²) in [4.78, 5) is 15.2. The normalized spacial score (nSPS) is 10.3. The van der Waals surface area contributed by atoms with E-state index in [1.54, 1.807) is 11.5 Å². The topological polar surface area (TPSA) is 71.5 Å². The molecule has 0 radical (unpaired) electrons. The van der Waals surface area contributed by atoms with Gasteiger partial charge in [-0.25, -0.2) is 10.5 Å². The summed E-state index contributed by atoms with van der Waals surface area (Å²) in [5.41, 5.74) is 3.13. The molecule has 1 aromatic carbocycles. The zero-order chi connectivity index (χ0) is 16.5. The minimum atomic E-state index is -0.600. The van der Waals surface area contributed by atoms with Crippen LogP contribution in [-0.2, 0) is 6.42 Å². The zero-order valence-corrected chi connectivity index (χ0v) is 13.3. The molecule has 0 saturated carbocycles. The van der Waals surface area contributed by atoms with E-state index in [4.69, 9.17) is 9.94 Å². The third-order valence-electron chi connectivity index (χ3n) is 3.56. The van der Waals surface area contributed by atoms with E-state index in [0.717, 1.165) is 6.42 Å². The van der Waals surface area contributed by atoms with Crippen LogP contribution in [-0.4, -0.2) is 16.1 Å². The van der Waals surface area contributed by atoms with Gasteiger partial charge < -0.3 is 4.74 Å². The quantitative estimate of drug-likeness (QED) is 0.437. The van der Waals surface area contributed by atoms with Crippen molar-refractivity contribution in [2.24, 2.45) is 0 Å². The number of hydroxylamine groups is 1. The van der Waals surface area contributed by atoms with Crippen molar-refractivity contribution in [2.45, 2.75) is 39.0 Å². The highest BCUT2D eigenvalue weighted by molar-refractivity contribution is 5.92. The van der Waals surface area contributed by atoms with Gasteiger partial charge >= 0.3 is 0 Å². The highest BCUT2D eigenvalue weighted by Gasteiger charge is 2.05. The third-order valence-corrected chi connectivity index (χ3v) is 3.56. The molecule has 122 valence electrons. The average molecular weight is 314 g/mol. The zero-order valence-electron chi connectivity index (χ0n) is 13.3. The lowest BCUT2D eigenvalue weighted by Gasteiger charge is -2.07. The van der Waals surface area contributed by atoms with Crippen LogP contribution < -0.4 is 10.2 Å². The number of nitrogens with zero attached hydrogens (tertiary/aromatic N) is 1. The van der Waals surface area contributed by atoms with E-state index >= 15 is 0 Å². The van der Waals surface area contributed by atoms with E-state index in [1.807, 2.05) is 12.1 Å². The third kappa shape index (κ3) is 5.38. The minimum Gasteiger partial charge on any atom is -0.439 e. The van der Waals surface area contributed by atoms with Crippen molar-refractivity contribution in [3.63, 3.8) is 0 Å². The van der Waals surface area contributed by atoms with Crippen LogP contribution in [0.1, 0.15) is 48.5 Å². The number of benzene rings is 1. The van der Waals surface area contributed by atoms with Gasteiger partial charge in [0.25, 0.3) is 5.91 Å². The van der Waals surface area contributed by atoms with Gasteiger partial charge in [-0.1, -0.05) is 38.3 Å². The summed E-state index contributed by atoms with van der Waals surface area (Å²) < 4.78 is 5.64. The van der Waals surface area contributed by atoms with Gasteiger partial charge in [-0.2, -0.15) is 0 Å². The minimum absolute atomic E-state index is 0.266. The van der Waals surface area contributed by atoms with Crippen LogP contribution in [0, 0.1) is 0 Å². The number of unbranched alkanes of at least 4 members (excludes halogenated alkanes) is 3. The molecule has 5 heteroatoms. The molecule has 0 aliphatic carbocycles. The van der Waals surface area contributed by atoms with E-state index in [9.17, 15) is 4.79 Å². The first-order valence-electron chi connectivity index (χ1n) is 7.90. The van der Waals surface area contributed by atoms with Gasteiger partial charge in [0.05, 0.1) is 5.56 Å². The van der Waals surface area contributed by atoms with Crippen LogP contribution in [0.2, 0.25) is 0 Å². The molecule has 1 aromatic heterocycles. The molecule has 0 aliphatic heterocycles. The first-order valence-corrected chi connectivity index (χ1v) is 7.90. The molecule has 23 heavy (non-hydrogen) atoms. The van der Waals surface area contributed by atoms with Gasteiger partial charge in [0.1, 0.15) is 5.75 Å². The summed E-state index contributed by atoms with van der Waals surface area (Å²) in [6, 6.07) is 11.1. The molecule has 0 saturated heterocycles. The summed E-state index contributed by atoms with van der Waals surface area (Å²) in [6.45, 7) is 2.21. The molecule has 1 amide bonds. The number of aromatic nitrogens is 1. The predicted octanol–water partition coefficient (Wildman–Crippen LogP) is 4.12. The Morgan fingerprint density at radius 3 is 2.52 bits per heavy atom. The van der Waals surface area contributed by atoms with Gasteiger partial charge in [-0.15, -0.1) is 0 Å². The van der Waals surface area contributed by atoms with Crippen LogP contribution in [0.5, 0.6) is 11.6 Å². The fraction of sp³-hybridized carbons (Fsp3) is 0.333. The molecule has 2 N–H and O–H groups in total. The number of hydrogen-bond donors (Lipinski definition) is 2. The molecule has 2 aromatic rings. The second kappa shape index (κ2) is 8.90. The molecule has 5 nitrogen and oxygen atoms in total. The molecular formula is C18H22N2O3. The van der Waals surface area contributed by atoms with E-state index in [-0.39, 0.29) is 5.56 Å². The van der Waals surface area contributed by atoms with Crippen molar-refractivity contribution in [3.8, 4) is 11.6 Å². The van der Waals surface area contributed by atoms with Gasteiger partial charge in [0.15, 0.2) is 0 Å². The maximum Gasteiger partial charge on any atom is 0.276 e. The summed E-state index contributed by atoms with van der Waals surface area (Å²) in [5.74, 6) is 0.501. The highest BCUT2D eigenvalue weighted by Crippen LogP contribution is 2.20. The van der Waals surface area contributed by atoms with Crippen molar-refractivity contribution < 1.29 is 14.7 Å². The second-order valence-corrected chi connectivity index (χ2v) is 5.38. The Kier molecular flexibility index (Phi) is 6.56. The molecule has 0 unspecified atom stereocenters. The SMILES string of the molecule is CCCCCCc1ccc(Oc2ccc(C(=O)NO)cn2)cc1. The van der Waals surface area contributed by atoms with Crippen LogP contribution in [0.4, 0.5) is 0 Å². The lowest BCUT2D eigenvalue weighted by atomic mass is 10.1. The molecule has 1 heterocycles. The number of amides is 1. The fourth-order valence-corrected chi connectivity index (χ4v) is 2.24. The molecule has 2 rings (SSSR count). The van der Waals surface area contributed by atoms with E-state index in [2.05, 4.69) is 24.0 Å². The number of rotatable bonds is 8. The van der Waals surface area contributed by atoms with Crippen molar-refractivity contribution in [2.75, 3.05) is 0 Å². The largest absolute Gasteiger partial charge is 0.439 e. The second-order valence-electron chi connectivity index (χ2n) is 5.38. The van der Waals surface area contributed by atoms with Gasteiger partial charge in [0.2, 0.25) is 5.88 Å². The van der Waals surface area contributed by atoms with Crippen LogP contribution >= 0.6 is 0 Å². The lowest BCUT2D eigenvalue weighted by molar-refractivity contribution is 0.0706. The van der Waals surface area contributed by atoms with Crippen molar-refractivity contribution in [1.29, 1.82) is 0 Å². The average Bonchev–Trinajstić information content (AvgIpc) is 2.60. The monoisotopic (exact) mass is 314 g/mol. The van der Waals surface area contributed by atoms with Crippen molar-refractivity contribution in [1.82, 2.24) is 10.5 Å². The van der Waals surface area contributed by atoms with Crippen molar-refractivity contribution >= 4 is 5.91 Å². The lowest BCUT2D eigenvalue weighted by Crippen LogP contribution is -2.18. The standard InChI is InChI=1S/C18H22N2O3/c1-2-3-4-5-6-14-7-10-16(11-8-14)23-17-12-9-15(13-19-17)18(21)20-22/h7-13,22H,2-6H2,1H3,(H,20,21). The Bertz CT molecular complexity index is 609. The Balaban J connectivity index is 1.89. The van der Waals surface area contributed by atoms with Crippen LogP contribution in [0.3, 0.4) is 0 Å². The Morgan fingerprint density at radius 2 is 1.91 bits per heavy atom. The summed E-state index contributed by atoms with van der Waals surface area (Å²) in [6.07, 6.45) is 7.46. The number of carbonyl (C=O) groups excluding carboxylic acids is 1. The Hall–Kier alpha value is -2.40. The number of ether oxygens (including phenoxy) is 1. The Morgan fingerprint density at radius 1 is 1.13 bits per heavy atom. The number of nitrogens with one attached hydrogen (secondary N) is 1. The van der Waals surface area contributed by atoms with Gasteiger partial charge in [-0.05, 0) is 36.6 Å².